The highest BCUT2D eigenvalue weighted by molar-refractivity contribution is 5.84. The summed E-state index contributed by atoms with van der Waals surface area (Å²) in [5, 5.41) is 0. The second kappa shape index (κ2) is 6.76. The summed E-state index contributed by atoms with van der Waals surface area (Å²) in [4.78, 5) is 15.1. The Labute approximate surface area is 155 Å². The van der Waals surface area contributed by atoms with Gasteiger partial charge < -0.3 is 20.1 Å². The van der Waals surface area contributed by atoms with Crippen molar-refractivity contribution in [3.05, 3.63) is 23.3 Å². The SMILES string of the molecule is CCOc1cc2c(cc1C1CC1C(=O)N1CC(CN)CC1C)OC(C)C2. The second-order valence-electron chi connectivity index (χ2n) is 8.19. The van der Waals surface area contributed by atoms with Crippen LogP contribution in [0.5, 0.6) is 11.5 Å². The zero-order chi connectivity index (χ0) is 18.4. The molecule has 3 aliphatic rings. The van der Waals surface area contributed by atoms with Gasteiger partial charge in [-0.2, -0.15) is 0 Å². The van der Waals surface area contributed by atoms with E-state index < -0.39 is 0 Å². The highest BCUT2D eigenvalue weighted by atomic mass is 16.5. The third-order valence-corrected chi connectivity index (χ3v) is 6.11. The molecule has 1 amide bonds. The van der Waals surface area contributed by atoms with Crippen molar-refractivity contribution in [1.82, 2.24) is 4.90 Å². The molecular formula is C21H30N2O3. The van der Waals surface area contributed by atoms with Crippen LogP contribution in [0.1, 0.15) is 50.7 Å². The van der Waals surface area contributed by atoms with Crippen molar-refractivity contribution in [3.63, 3.8) is 0 Å². The Morgan fingerprint density at radius 2 is 2.15 bits per heavy atom. The second-order valence-corrected chi connectivity index (χ2v) is 8.19. The van der Waals surface area contributed by atoms with E-state index in [0.29, 0.717) is 25.1 Å². The first-order valence-corrected chi connectivity index (χ1v) is 9.98. The van der Waals surface area contributed by atoms with Crippen molar-refractivity contribution < 1.29 is 14.3 Å². The Bertz CT molecular complexity index is 705. The number of likely N-dealkylation sites (tertiary alicyclic amines) is 1. The van der Waals surface area contributed by atoms with Gasteiger partial charge in [-0.05, 0) is 58.2 Å². The molecule has 5 nitrogen and oxygen atoms in total. The fourth-order valence-electron chi connectivity index (χ4n) is 4.67. The van der Waals surface area contributed by atoms with Gasteiger partial charge in [-0.1, -0.05) is 0 Å². The number of fused-ring (bicyclic) bond motifs is 1. The van der Waals surface area contributed by atoms with Gasteiger partial charge >= 0.3 is 0 Å². The number of ether oxygens (including phenoxy) is 2. The van der Waals surface area contributed by atoms with Crippen molar-refractivity contribution in [2.75, 3.05) is 19.7 Å². The number of rotatable bonds is 5. The van der Waals surface area contributed by atoms with Crippen LogP contribution in [-0.2, 0) is 11.2 Å². The van der Waals surface area contributed by atoms with Gasteiger partial charge in [0.15, 0.2) is 0 Å². The molecule has 1 aliphatic carbocycles. The maximum absolute atomic E-state index is 13.0. The minimum atomic E-state index is 0.0741. The lowest BCUT2D eigenvalue weighted by atomic mass is 10.0. The van der Waals surface area contributed by atoms with Gasteiger partial charge in [-0.3, -0.25) is 4.79 Å². The molecule has 5 atom stereocenters. The summed E-state index contributed by atoms with van der Waals surface area (Å²) in [5.41, 5.74) is 8.17. The van der Waals surface area contributed by atoms with Crippen LogP contribution in [0.3, 0.4) is 0 Å². The standard InChI is InChI=1S/C21H30N2O3/c1-4-25-20-7-15-6-13(3)26-19(15)9-17(20)16-8-18(16)21(24)23-11-14(10-22)5-12(23)2/h7,9,12-14,16,18H,4-6,8,10-11,22H2,1-3H3. The topological polar surface area (TPSA) is 64.8 Å². The van der Waals surface area contributed by atoms with E-state index in [-0.39, 0.29) is 23.8 Å². The summed E-state index contributed by atoms with van der Waals surface area (Å²) in [6.45, 7) is 8.34. The summed E-state index contributed by atoms with van der Waals surface area (Å²) in [7, 11) is 0. The molecule has 0 bridgehead atoms. The molecule has 1 aromatic rings. The maximum atomic E-state index is 13.0. The van der Waals surface area contributed by atoms with E-state index >= 15 is 0 Å². The molecule has 142 valence electrons. The average molecular weight is 358 g/mol. The van der Waals surface area contributed by atoms with Crippen LogP contribution in [0.25, 0.3) is 0 Å². The lowest BCUT2D eigenvalue weighted by Crippen LogP contribution is -2.35. The zero-order valence-corrected chi connectivity index (χ0v) is 16.0. The fourth-order valence-corrected chi connectivity index (χ4v) is 4.67. The van der Waals surface area contributed by atoms with E-state index in [1.54, 1.807) is 0 Å². The van der Waals surface area contributed by atoms with Gasteiger partial charge in [-0.15, -0.1) is 0 Å². The number of hydrogen-bond donors (Lipinski definition) is 1. The van der Waals surface area contributed by atoms with Crippen molar-refractivity contribution in [2.45, 2.75) is 58.1 Å². The third-order valence-electron chi connectivity index (χ3n) is 6.11. The van der Waals surface area contributed by atoms with Crippen LogP contribution in [-0.4, -0.2) is 42.6 Å². The summed E-state index contributed by atoms with van der Waals surface area (Å²) < 4.78 is 11.8. The van der Waals surface area contributed by atoms with Crippen molar-refractivity contribution in [3.8, 4) is 11.5 Å². The summed E-state index contributed by atoms with van der Waals surface area (Å²) >= 11 is 0. The van der Waals surface area contributed by atoms with Crippen molar-refractivity contribution in [2.24, 2.45) is 17.6 Å². The number of nitrogens with two attached hydrogens (primary N) is 1. The van der Waals surface area contributed by atoms with Crippen LogP contribution in [0.15, 0.2) is 12.1 Å². The molecule has 2 aliphatic heterocycles. The highest BCUT2D eigenvalue weighted by Crippen LogP contribution is 2.53. The number of carbonyl (C=O) groups excluding carboxylic acids is 1. The van der Waals surface area contributed by atoms with E-state index in [1.165, 1.54) is 5.56 Å². The van der Waals surface area contributed by atoms with Crippen LogP contribution in [0.2, 0.25) is 0 Å². The molecule has 5 heteroatoms. The molecule has 1 saturated heterocycles. The molecule has 2 N–H and O–H groups in total. The molecule has 26 heavy (non-hydrogen) atoms. The van der Waals surface area contributed by atoms with Crippen LogP contribution in [0, 0.1) is 11.8 Å². The molecule has 0 radical (unpaired) electrons. The normalized spacial score (nSPS) is 32.3. The van der Waals surface area contributed by atoms with Crippen molar-refractivity contribution in [1.29, 1.82) is 0 Å². The first-order chi connectivity index (χ1) is 12.5. The molecule has 0 spiro atoms. The minimum Gasteiger partial charge on any atom is -0.494 e. The molecule has 1 aromatic carbocycles. The number of amides is 1. The largest absolute Gasteiger partial charge is 0.494 e. The Hall–Kier alpha value is -1.75. The predicted octanol–water partition coefficient (Wildman–Crippen LogP) is 2.71. The Kier molecular flexibility index (Phi) is 4.59. The molecule has 1 saturated carbocycles. The maximum Gasteiger partial charge on any atom is 0.226 e. The zero-order valence-electron chi connectivity index (χ0n) is 16.0. The van der Waals surface area contributed by atoms with Gasteiger partial charge in [0.1, 0.15) is 17.6 Å². The van der Waals surface area contributed by atoms with Gasteiger partial charge in [-0.25, -0.2) is 0 Å². The monoisotopic (exact) mass is 358 g/mol. The number of carbonyl (C=O) groups is 1. The Balaban J connectivity index is 1.53. The lowest BCUT2D eigenvalue weighted by Gasteiger charge is -2.22. The molecule has 4 rings (SSSR count). The highest BCUT2D eigenvalue weighted by Gasteiger charge is 2.49. The van der Waals surface area contributed by atoms with Gasteiger partial charge in [0.2, 0.25) is 5.91 Å². The van der Waals surface area contributed by atoms with E-state index in [1.807, 2.05) is 6.92 Å². The average Bonchev–Trinajstić information content (AvgIpc) is 3.19. The van der Waals surface area contributed by atoms with Crippen LogP contribution < -0.4 is 15.2 Å². The predicted molar refractivity (Wildman–Crippen MR) is 101 cm³/mol. The van der Waals surface area contributed by atoms with E-state index in [2.05, 4.69) is 30.9 Å². The molecular weight excluding hydrogens is 328 g/mol. The molecule has 5 unspecified atom stereocenters. The summed E-state index contributed by atoms with van der Waals surface area (Å²) in [5.74, 6) is 2.95. The van der Waals surface area contributed by atoms with Crippen LogP contribution >= 0.6 is 0 Å². The number of nitrogens with zero attached hydrogens (tertiary/aromatic N) is 1. The van der Waals surface area contributed by atoms with Crippen molar-refractivity contribution >= 4 is 5.91 Å². The van der Waals surface area contributed by atoms with E-state index in [4.69, 9.17) is 15.2 Å². The first-order valence-electron chi connectivity index (χ1n) is 9.98. The summed E-state index contributed by atoms with van der Waals surface area (Å²) in [6.07, 6.45) is 3.07. The Morgan fingerprint density at radius 1 is 1.35 bits per heavy atom. The van der Waals surface area contributed by atoms with Gasteiger partial charge in [0, 0.05) is 42.0 Å². The molecule has 2 fully saturated rings. The van der Waals surface area contributed by atoms with E-state index in [9.17, 15) is 4.79 Å². The Morgan fingerprint density at radius 3 is 2.85 bits per heavy atom. The van der Waals surface area contributed by atoms with E-state index in [0.717, 1.165) is 42.9 Å². The fraction of sp³-hybridized carbons (Fsp3) is 0.667. The first kappa shape index (κ1) is 17.7. The molecule has 2 heterocycles. The quantitative estimate of drug-likeness (QED) is 0.879. The molecule has 0 aromatic heterocycles. The third kappa shape index (κ3) is 3.07. The lowest BCUT2D eigenvalue weighted by molar-refractivity contribution is -0.133. The van der Waals surface area contributed by atoms with Gasteiger partial charge in [0.05, 0.1) is 6.61 Å². The van der Waals surface area contributed by atoms with Gasteiger partial charge in [0.25, 0.3) is 0 Å². The number of benzene rings is 1. The minimum absolute atomic E-state index is 0.0741. The smallest absolute Gasteiger partial charge is 0.226 e. The van der Waals surface area contributed by atoms with Crippen LogP contribution in [0.4, 0.5) is 0 Å². The number of hydrogen-bond acceptors (Lipinski definition) is 4. The summed E-state index contributed by atoms with van der Waals surface area (Å²) in [6, 6.07) is 4.55.